The van der Waals surface area contributed by atoms with Crippen LogP contribution in [-0.4, -0.2) is 43.1 Å². The number of methoxy groups -OCH3 is 1. The second kappa shape index (κ2) is 7.99. The summed E-state index contributed by atoms with van der Waals surface area (Å²) in [5.74, 6) is -0.0111. The Hall–Kier alpha value is -2.04. The van der Waals surface area contributed by atoms with Crippen LogP contribution in [0.4, 0.5) is 0 Å². The van der Waals surface area contributed by atoms with Crippen LogP contribution < -0.4 is 4.74 Å². The Bertz CT molecular complexity index is 536. The summed E-state index contributed by atoms with van der Waals surface area (Å²) in [5, 5.41) is 0. The molecule has 0 radical (unpaired) electrons. The van der Waals surface area contributed by atoms with Gasteiger partial charge in [0.05, 0.1) is 13.0 Å². The van der Waals surface area contributed by atoms with Crippen LogP contribution in [0, 0.1) is 5.92 Å². The van der Waals surface area contributed by atoms with E-state index in [2.05, 4.69) is 6.92 Å². The summed E-state index contributed by atoms with van der Waals surface area (Å²) in [4.78, 5) is 25.7. The molecule has 1 unspecified atom stereocenters. The molecule has 0 heterocycles. The zero-order valence-corrected chi connectivity index (χ0v) is 14.1. The molecule has 1 atom stereocenters. The monoisotopic (exact) mass is 319 g/mol. The average Bonchev–Trinajstić information content (AvgIpc) is 3.41. The highest BCUT2D eigenvalue weighted by atomic mass is 16.5. The third-order valence-corrected chi connectivity index (χ3v) is 4.08. The van der Waals surface area contributed by atoms with Crippen LogP contribution >= 0.6 is 0 Å². The predicted octanol–water partition coefficient (Wildman–Crippen LogP) is 2.43. The van der Waals surface area contributed by atoms with Crippen LogP contribution in [0.2, 0.25) is 0 Å². The Labute approximate surface area is 137 Å². The summed E-state index contributed by atoms with van der Waals surface area (Å²) in [6.45, 7) is 4.25. The van der Waals surface area contributed by atoms with Gasteiger partial charge >= 0.3 is 5.97 Å². The van der Waals surface area contributed by atoms with Crippen LogP contribution in [0.3, 0.4) is 0 Å². The first kappa shape index (κ1) is 17.3. The minimum atomic E-state index is -0.326. The number of hydrogen-bond acceptors (Lipinski definition) is 4. The molecule has 1 aliphatic rings. The highest BCUT2D eigenvalue weighted by molar-refractivity contribution is 5.79. The van der Waals surface area contributed by atoms with Crippen molar-refractivity contribution in [3.8, 4) is 5.75 Å². The van der Waals surface area contributed by atoms with Crippen molar-refractivity contribution in [1.82, 2.24) is 4.90 Å². The number of esters is 1. The van der Waals surface area contributed by atoms with Crippen molar-refractivity contribution >= 4 is 11.9 Å². The Morgan fingerprint density at radius 3 is 2.43 bits per heavy atom. The topological polar surface area (TPSA) is 55.8 Å². The number of carbonyl (C=O) groups is 2. The number of hydrogen-bond donors (Lipinski definition) is 0. The van der Waals surface area contributed by atoms with Gasteiger partial charge in [0.2, 0.25) is 0 Å². The summed E-state index contributed by atoms with van der Waals surface area (Å²) < 4.78 is 10.3. The van der Waals surface area contributed by atoms with Gasteiger partial charge in [0.25, 0.3) is 5.91 Å². The van der Waals surface area contributed by atoms with Gasteiger partial charge in [0, 0.05) is 12.6 Å². The highest BCUT2D eigenvalue weighted by Crippen LogP contribution is 2.28. The number of benzene rings is 1. The molecule has 1 aromatic rings. The van der Waals surface area contributed by atoms with E-state index in [1.807, 2.05) is 24.3 Å². The number of carbonyl (C=O) groups excluding carboxylic acids is 2. The van der Waals surface area contributed by atoms with Crippen molar-refractivity contribution in [2.24, 2.45) is 5.92 Å². The van der Waals surface area contributed by atoms with Gasteiger partial charge in [-0.3, -0.25) is 9.59 Å². The maximum absolute atomic E-state index is 12.4. The first-order chi connectivity index (χ1) is 11.0. The maximum Gasteiger partial charge on any atom is 0.310 e. The summed E-state index contributed by atoms with van der Waals surface area (Å²) in [7, 11) is 1.37. The minimum absolute atomic E-state index is 0.00410. The standard InChI is InChI=1S/C18H25NO4/c1-4-14-5-9-16(10-6-14)23-12-17(20)19(15-7-8-15)11-13(2)18(21)22-3/h5-6,9-10,13,15H,4,7-8,11-12H2,1-3H3. The Kier molecular flexibility index (Phi) is 6.02. The van der Waals surface area contributed by atoms with Crippen molar-refractivity contribution in [3.63, 3.8) is 0 Å². The average molecular weight is 319 g/mol. The van der Waals surface area contributed by atoms with Crippen molar-refractivity contribution < 1.29 is 19.1 Å². The van der Waals surface area contributed by atoms with Gasteiger partial charge < -0.3 is 14.4 Å². The number of nitrogens with zero attached hydrogens (tertiary/aromatic N) is 1. The van der Waals surface area contributed by atoms with E-state index in [0.717, 1.165) is 19.3 Å². The molecule has 2 rings (SSSR count). The highest BCUT2D eigenvalue weighted by Gasteiger charge is 2.34. The maximum atomic E-state index is 12.4. The zero-order chi connectivity index (χ0) is 16.8. The van der Waals surface area contributed by atoms with Crippen LogP contribution in [-0.2, 0) is 20.7 Å². The largest absolute Gasteiger partial charge is 0.484 e. The third-order valence-electron chi connectivity index (χ3n) is 4.08. The summed E-state index contributed by atoms with van der Waals surface area (Å²) in [5.41, 5.74) is 1.23. The van der Waals surface area contributed by atoms with E-state index in [-0.39, 0.29) is 30.4 Å². The lowest BCUT2D eigenvalue weighted by Gasteiger charge is -2.25. The van der Waals surface area contributed by atoms with Gasteiger partial charge in [0.15, 0.2) is 6.61 Å². The van der Waals surface area contributed by atoms with Crippen LogP contribution in [0.15, 0.2) is 24.3 Å². The van der Waals surface area contributed by atoms with Crippen LogP contribution in [0.5, 0.6) is 5.75 Å². The fourth-order valence-electron chi connectivity index (χ4n) is 2.46. The molecule has 5 nitrogen and oxygen atoms in total. The van der Waals surface area contributed by atoms with Crippen LogP contribution in [0.25, 0.3) is 0 Å². The molecule has 0 bridgehead atoms. The normalized spacial score (nSPS) is 14.9. The minimum Gasteiger partial charge on any atom is -0.484 e. The predicted molar refractivity (Wildman–Crippen MR) is 87.2 cm³/mol. The number of aryl methyl sites for hydroxylation is 1. The zero-order valence-electron chi connectivity index (χ0n) is 14.1. The molecule has 1 aromatic carbocycles. The second-order valence-corrected chi connectivity index (χ2v) is 5.99. The molecule has 1 amide bonds. The number of ether oxygens (including phenoxy) is 2. The molecule has 1 saturated carbocycles. The number of amides is 1. The molecule has 0 N–H and O–H groups in total. The summed E-state index contributed by atoms with van der Waals surface area (Å²) >= 11 is 0. The quantitative estimate of drug-likeness (QED) is 0.691. The molecule has 23 heavy (non-hydrogen) atoms. The number of rotatable bonds is 8. The Morgan fingerprint density at radius 1 is 1.26 bits per heavy atom. The van der Waals surface area contributed by atoms with Gasteiger partial charge in [-0.1, -0.05) is 26.0 Å². The molecule has 5 heteroatoms. The molecule has 1 aliphatic carbocycles. The Morgan fingerprint density at radius 2 is 1.91 bits per heavy atom. The van der Waals surface area contributed by atoms with E-state index in [1.165, 1.54) is 12.7 Å². The summed E-state index contributed by atoms with van der Waals surface area (Å²) in [6.07, 6.45) is 2.95. The lowest BCUT2D eigenvalue weighted by Crippen LogP contribution is -2.41. The van der Waals surface area contributed by atoms with Gasteiger partial charge in [-0.25, -0.2) is 0 Å². The fourth-order valence-corrected chi connectivity index (χ4v) is 2.46. The van der Waals surface area contributed by atoms with Gasteiger partial charge in [-0.05, 0) is 37.0 Å². The fraction of sp³-hybridized carbons (Fsp3) is 0.556. The molecule has 0 aliphatic heterocycles. The lowest BCUT2D eigenvalue weighted by molar-refractivity contribution is -0.146. The summed E-state index contributed by atoms with van der Waals surface area (Å²) in [6, 6.07) is 7.99. The van der Waals surface area contributed by atoms with Crippen LogP contribution in [0.1, 0.15) is 32.3 Å². The third kappa shape index (κ3) is 4.98. The smallest absolute Gasteiger partial charge is 0.310 e. The Balaban J connectivity index is 1.89. The van der Waals surface area contributed by atoms with E-state index >= 15 is 0 Å². The second-order valence-electron chi connectivity index (χ2n) is 5.99. The van der Waals surface area contributed by atoms with E-state index in [9.17, 15) is 9.59 Å². The molecular formula is C18H25NO4. The van der Waals surface area contributed by atoms with Gasteiger partial charge in [0.1, 0.15) is 5.75 Å². The molecule has 0 saturated heterocycles. The van der Waals surface area contributed by atoms with Crippen molar-refractivity contribution in [1.29, 1.82) is 0 Å². The van der Waals surface area contributed by atoms with Gasteiger partial charge in [-0.15, -0.1) is 0 Å². The van der Waals surface area contributed by atoms with Crippen molar-refractivity contribution in [3.05, 3.63) is 29.8 Å². The lowest BCUT2D eigenvalue weighted by atomic mass is 10.1. The van der Waals surface area contributed by atoms with E-state index in [1.54, 1.807) is 11.8 Å². The molecule has 126 valence electrons. The molecule has 1 fully saturated rings. The molecule has 0 spiro atoms. The van der Waals surface area contributed by atoms with E-state index < -0.39 is 0 Å². The van der Waals surface area contributed by atoms with E-state index in [4.69, 9.17) is 9.47 Å². The molecule has 0 aromatic heterocycles. The first-order valence-corrected chi connectivity index (χ1v) is 8.14. The van der Waals surface area contributed by atoms with E-state index in [0.29, 0.717) is 12.3 Å². The SMILES string of the molecule is CCc1ccc(OCC(=O)N(CC(C)C(=O)OC)C2CC2)cc1. The van der Waals surface area contributed by atoms with Crippen molar-refractivity contribution in [2.45, 2.75) is 39.2 Å². The van der Waals surface area contributed by atoms with Gasteiger partial charge in [-0.2, -0.15) is 0 Å². The first-order valence-electron chi connectivity index (χ1n) is 8.14. The molecular weight excluding hydrogens is 294 g/mol. The van der Waals surface area contributed by atoms with Crippen molar-refractivity contribution in [2.75, 3.05) is 20.3 Å².